The third-order valence-electron chi connectivity index (χ3n) is 2.08. The highest BCUT2D eigenvalue weighted by Crippen LogP contribution is 2.22. The van der Waals surface area contributed by atoms with Gasteiger partial charge in [-0.15, -0.1) is 0 Å². The number of alkyl halides is 3. The molecule has 1 heterocycles. The smallest absolute Gasteiger partial charge is 0.392 e. The number of rotatable bonds is 4. The zero-order valence-corrected chi connectivity index (χ0v) is 8.84. The van der Waals surface area contributed by atoms with E-state index in [9.17, 15) is 13.2 Å². The first-order valence-electron chi connectivity index (χ1n) is 4.78. The van der Waals surface area contributed by atoms with Gasteiger partial charge in [-0.1, -0.05) is 0 Å². The molecular formula is C10H13F3N2O. The number of nitrogens with two attached hydrogens (primary N) is 1. The first-order valence-corrected chi connectivity index (χ1v) is 4.78. The molecule has 0 radical (unpaired) electrons. The van der Waals surface area contributed by atoms with E-state index in [0.717, 1.165) is 5.56 Å². The van der Waals surface area contributed by atoms with Gasteiger partial charge in [0.05, 0.1) is 13.0 Å². The molecule has 0 unspecified atom stereocenters. The third-order valence-corrected chi connectivity index (χ3v) is 2.08. The van der Waals surface area contributed by atoms with E-state index in [4.69, 9.17) is 10.5 Å². The summed E-state index contributed by atoms with van der Waals surface area (Å²) in [4.78, 5) is 3.86. The van der Waals surface area contributed by atoms with Crippen molar-refractivity contribution in [1.82, 2.24) is 4.98 Å². The van der Waals surface area contributed by atoms with Crippen molar-refractivity contribution in [2.45, 2.75) is 26.1 Å². The summed E-state index contributed by atoms with van der Waals surface area (Å²) in [6.45, 7) is 1.56. The Morgan fingerprint density at radius 2 is 2.12 bits per heavy atom. The van der Waals surface area contributed by atoms with Crippen LogP contribution in [0, 0.1) is 6.92 Å². The molecule has 16 heavy (non-hydrogen) atoms. The second-order valence-electron chi connectivity index (χ2n) is 3.33. The maximum Gasteiger partial charge on any atom is 0.392 e. The van der Waals surface area contributed by atoms with Gasteiger partial charge in [0.25, 0.3) is 0 Å². The molecule has 0 atom stereocenters. The molecule has 2 N–H and O–H groups in total. The predicted molar refractivity (Wildman–Crippen MR) is 53.0 cm³/mol. The lowest BCUT2D eigenvalue weighted by atomic mass is 10.1. The van der Waals surface area contributed by atoms with E-state index in [2.05, 4.69) is 4.98 Å². The minimum atomic E-state index is -4.22. The Morgan fingerprint density at radius 3 is 2.69 bits per heavy atom. The highest BCUT2D eigenvalue weighted by atomic mass is 19.4. The molecule has 3 nitrogen and oxygen atoms in total. The molecule has 1 aromatic rings. The SMILES string of the molecule is Cc1ccnc(OCCC(F)(F)F)c1CN. The molecule has 0 aliphatic rings. The first-order chi connectivity index (χ1) is 7.44. The number of halogens is 3. The molecule has 0 bridgehead atoms. The van der Waals surface area contributed by atoms with Crippen LogP contribution in [0.5, 0.6) is 5.88 Å². The Bertz CT molecular complexity index is 352. The molecule has 0 spiro atoms. The molecular weight excluding hydrogens is 221 g/mol. The van der Waals surface area contributed by atoms with Gasteiger partial charge in [0, 0.05) is 18.3 Å². The van der Waals surface area contributed by atoms with E-state index in [0.29, 0.717) is 5.56 Å². The molecule has 1 rings (SSSR count). The largest absolute Gasteiger partial charge is 0.477 e. The van der Waals surface area contributed by atoms with Crippen LogP contribution < -0.4 is 10.5 Å². The number of hydrogen-bond acceptors (Lipinski definition) is 3. The lowest BCUT2D eigenvalue weighted by molar-refractivity contribution is -0.139. The van der Waals surface area contributed by atoms with E-state index in [1.54, 1.807) is 13.0 Å². The Hall–Kier alpha value is -1.30. The third kappa shape index (κ3) is 3.69. The average molecular weight is 234 g/mol. The first kappa shape index (κ1) is 12.8. The molecule has 0 aliphatic heterocycles. The molecule has 90 valence electrons. The van der Waals surface area contributed by atoms with Gasteiger partial charge < -0.3 is 10.5 Å². The minimum absolute atomic E-state index is 0.187. The quantitative estimate of drug-likeness (QED) is 0.868. The van der Waals surface area contributed by atoms with Crippen molar-refractivity contribution < 1.29 is 17.9 Å². The van der Waals surface area contributed by atoms with Gasteiger partial charge in [0.1, 0.15) is 0 Å². The number of aryl methyl sites for hydroxylation is 1. The summed E-state index contributed by atoms with van der Waals surface area (Å²) in [6, 6.07) is 1.73. The molecule has 0 saturated carbocycles. The minimum Gasteiger partial charge on any atom is -0.477 e. The van der Waals surface area contributed by atoms with E-state index in [1.165, 1.54) is 6.20 Å². The monoisotopic (exact) mass is 234 g/mol. The van der Waals surface area contributed by atoms with Crippen LogP contribution in [0.1, 0.15) is 17.5 Å². The fraction of sp³-hybridized carbons (Fsp3) is 0.500. The predicted octanol–water partition coefficient (Wildman–Crippen LogP) is 2.18. The molecule has 0 aromatic carbocycles. The van der Waals surface area contributed by atoms with Gasteiger partial charge in [-0.25, -0.2) is 4.98 Å². The van der Waals surface area contributed by atoms with Gasteiger partial charge >= 0.3 is 6.18 Å². The number of ether oxygens (including phenoxy) is 1. The van der Waals surface area contributed by atoms with Crippen molar-refractivity contribution in [3.05, 3.63) is 23.4 Å². The van der Waals surface area contributed by atoms with E-state index in [1.807, 2.05) is 0 Å². The topological polar surface area (TPSA) is 48.1 Å². The fourth-order valence-electron chi connectivity index (χ4n) is 1.20. The van der Waals surface area contributed by atoms with Gasteiger partial charge in [-0.05, 0) is 18.6 Å². The van der Waals surface area contributed by atoms with E-state index in [-0.39, 0.29) is 12.4 Å². The zero-order valence-electron chi connectivity index (χ0n) is 8.84. The summed E-state index contributed by atoms with van der Waals surface area (Å²) < 4.78 is 40.7. The maximum atomic E-state index is 11.9. The standard InChI is InChI=1S/C10H13F3N2O/c1-7-2-4-15-9(8(7)6-14)16-5-3-10(11,12)13/h2,4H,3,5-6,14H2,1H3. The van der Waals surface area contributed by atoms with Gasteiger partial charge in [0.15, 0.2) is 0 Å². The van der Waals surface area contributed by atoms with Crippen molar-refractivity contribution >= 4 is 0 Å². The van der Waals surface area contributed by atoms with Crippen LogP contribution in [0.25, 0.3) is 0 Å². The summed E-state index contributed by atoms with van der Waals surface area (Å²) in [6.07, 6.45) is -3.73. The van der Waals surface area contributed by atoms with Crippen LogP contribution in [0.2, 0.25) is 0 Å². The van der Waals surface area contributed by atoms with Crippen LogP contribution in [0.3, 0.4) is 0 Å². The van der Waals surface area contributed by atoms with Crippen molar-refractivity contribution in [1.29, 1.82) is 0 Å². The molecule has 0 aliphatic carbocycles. The maximum absolute atomic E-state index is 11.9. The van der Waals surface area contributed by atoms with Crippen LogP contribution in [0.15, 0.2) is 12.3 Å². The molecule has 1 aromatic heterocycles. The number of aromatic nitrogens is 1. The lowest BCUT2D eigenvalue weighted by Gasteiger charge is -2.12. The zero-order chi connectivity index (χ0) is 12.2. The van der Waals surface area contributed by atoms with Crippen LogP contribution in [0.4, 0.5) is 13.2 Å². The summed E-state index contributed by atoms with van der Waals surface area (Å²) in [5.41, 5.74) is 6.97. The Kier molecular flexibility index (Phi) is 4.12. The number of pyridine rings is 1. The molecule has 0 saturated heterocycles. The Balaban J connectivity index is 2.64. The molecule has 6 heteroatoms. The molecule has 0 fully saturated rings. The van der Waals surface area contributed by atoms with Gasteiger partial charge in [0.2, 0.25) is 5.88 Å². The average Bonchev–Trinajstić information content (AvgIpc) is 2.16. The van der Waals surface area contributed by atoms with Crippen molar-refractivity contribution in [3.8, 4) is 5.88 Å². The van der Waals surface area contributed by atoms with Crippen LogP contribution in [-0.4, -0.2) is 17.8 Å². The van der Waals surface area contributed by atoms with Gasteiger partial charge in [-0.2, -0.15) is 13.2 Å². The summed E-state index contributed by atoms with van der Waals surface area (Å²) in [5.74, 6) is 0.187. The second-order valence-corrected chi connectivity index (χ2v) is 3.33. The van der Waals surface area contributed by atoms with Gasteiger partial charge in [-0.3, -0.25) is 0 Å². The fourth-order valence-corrected chi connectivity index (χ4v) is 1.20. The number of nitrogens with zero attached hydrogens (tertiary/aromatic N) is 1. The van der Waals surface area contributed by atoms with Crippen LogP contribution in [-0.2, 0) is 6.54 Å². The highest BCUT2D eigenvalue weighted by molar-refractivity contribution is 5.33. The normalized spacial score (nSPS) is 11.6. The summed E-state index contributed by atoms with van der Waals surface area (Å²) in [5, 5.41) is 0. The van der Waals surface area contributed by atoms with E-state index < -0.39 is 19.2 Å². The molecule has 0 amide bonds. The van der Waals surface area contributed by atoms with Crippen LogP contribution >= 0.6 is 0 Å². The number of hydrogen-bond donors (Lipinski definition) is 1. The summed E-state index contributed by atoms with van der Waals surface area (Å²) >= 11 is 0. The Labute approximate surface area is 91.4 Å². The lowest BCUT2D eigenvalue weighted by Crippen LogP contribution is -2.14. The highest BCUT2D eigenvalue weighted by Gasteiger charge is 2.27. The van der Waals surface area contributed by atoms with Crippen molar-refractivity contribution in [2.75, 3.05) is 6.61 Å². The second kappa shape index (κ2) is 5.16. The summed E-state index contributed by atoms with van der Waals surface area (Å²) in [7, 11) is 0. The Morgan fingerprint density at radius 1 is 1.44 bits per heavy atom. The van der Waals surface area contributed by atoms with Crippen molar-refractivity contribution in [2.24, 2.45) is 5.73 Å². The van der Waals surface area contributed by atoms with Crippen molar-refractivity contribution in [3.63, 3.8) is 0 Å². The van der Waals surface area contributed by atoms with E-state index >= 15 is 0 Å².